The minimum absolute atomic E-state index is 0.0658. The molecule has 5 nitrogen and oxygen atoms in total. The number of aliphatic hydroxyl groups is 1. The van der Waals surface area contributed by atoms with Crippen LogP contribution in [0, 0.1) is 5.92 Å². The second-order valence-corrected chi connectivity index (χ2v) is 5.87. The summed E-state index contributed by atoms with van der Waals surface area (Å²) < 4.78 is 1.77. The first kappa shape index (κ1) is 14.8. The fraction of sp³-hybridized carbons (Fsp3) is 0.412. The molecule has 0 saturated carbocycles. The fourth-order valence-corrected chi connectivity index (χ4v) is 2.95. The lowest BCUT2D eigenvalue weighted by Gasteiger charge is -2.33. The van der Waals surface area contributed by atoms with Crippen molar-refractivity contribution in [3.8, 4) is 5.69 Å². The first-order valence-electron chi connectivity index (χ1n) is 7.72. The van der Waals surface area contributed by atoms with Gasteiger partial charge < -0.3 is 10.0 Å². The number of hydrogen-bond donors (Lipinski definition) is 1. The molecule has 1 saturated heterocycles. The SMILES string of the molecule is CC(O)C1CCN(C(=O)c2ccc(-n3cccn3)cc2)CC1. The third-order valence-corrected chi connectivity index (χ3v) is 4.39. The van der Waals surface area contributed by atoms with Crippen LogP contribution in [-0.2, 0) is 0 Å². The number of hydrogen-bond acceptors (Lipinski definition) is 3. The third-order valence-electron chi connectivity index (χ3n) is 4.39. The molecule has 0 spiro atoms. The van der Waals surface area contributed by atoms with E-state index in [1.54, 1.807) is 10.9 Å². The maximum absolute atomic E-state index is 12.5. The third kappa shape index (κ3) is 3.04. The summed E-state index contributed by atoms with van der Waals surface area (Å²) in [5, 5.41) is 13.8. The number of benzene rings is 1. The number of aliphatic hydroxyl groups excluding tert-OH is 1. The minimum atomic E-state index is -0.286. The maximum Gasteiger partial charge on any atom is 0.253 e. The standard InChI is InChI=1S/C17H21N3O2/c1-13(21)14-7-11-19(12-8-14)17(22)15-3-5-16(6-4-15)20-10-2-9-18-20/h2-6,9-10,13-14,21H,7-8,11-12H2,1H3. The van der Waals surface area contributed by atoms with Gasteiger partial charge in [-0.3, -0.25) is 4.79 Å². The molecule has 1 aromatic heterocycles. The Bertz CT molecular complexity index is 612. The average molecular weight is 299 g/mol. The van der Waals surface area contributed by atoms with Crippen LogP contribution in [-0.4, -0.2) is 44.9 Å². The Balaban J connectivity index is 1.66. The molecule has 1 aliphatic rings. The van der Waals surface area contributed by atoms with Crippen LogP contribution in [0.15, 0.2) is 42.7 Å². The zero-order valence-electron chi connectivity index (χ0n) is 12.7. The van der Waals surface area contributed by atoms with E-state index in [0.29, 0.717) is 11.5 Å². The lowest BCUT2D eigenvalue weighted by atomic mass is 9.92. The molecule has 2 heterocycles. The maximum atomic E-state index is 12.5. The van der Waals surface area contributed by atoms with E-state index < -0.39 is 0 Å². The van der Waals surface area contributed by atoms with Crippen LogP contribution in [0.1, 0.15) is 30.1 Å². The largest absolute Gasteiger partial charge is 0.393 e. The minimum Gasteiger partial charge on any atom is -0.393 e. The predicted octanol–water partition coefficient (Wildman–Crippen LogP) is 2.11. The Hall–Kier alpha value is -2.14. The van der Waals surface area contributed by atoms with Crippen molar-refractivity contribution in [1.82, 2.24) is 14.7 Å². The number of carbonyl (C=O) groups is 1. The van der Waals surface area contributed by atoms with Crippen LogP contribution in [0.4, 0.5) is 0 Å². The molecule has 1 atom stereocenters. The summed E-state index contributed by atoms with van der Waals surface area (Å²) in [6.45, 7) is 3.26. The zero-order valence-corrected chi connectivity index (χ0v) is 12.7. The van der Waals surface area contributed by atoms with E-state index in [0.717, 1.165) is 31.6 Å². The summed E-state index contributed by atoms with van der Waals surface area (Å²) >= 11 is 0. The van der Waals surface area contributed by atoms with Gasteiger partial charge in [0.15, 0.2) is 0 Å². The summed E-state index contributed by atoms with van der Waals surface area (Å²) in [6.07, 6.45) is 5.05. The van der Waals surface area contributed by atoms with Crippen molar-refractivity contribution in [2.24, 2.45) is 5.92 Å². The van der Waals surface area contributed by atoms with Gasteiger partial charge in [0.1, 0.15) is 0 Å². The van der Waals surface area contributed by atoms with Gasteiger partial charge in [-0.15, -0.1) is 0 Å². The van der Waals surface area contributed by atoms with Crippen LogP contribution in [0.2, 0.25) is 0 Å². The quantitative estimate of drug-likeness (QED) is 0.944. The number of aromatic nitrogens is 2. The summed E-state index contributed by atoms with van der Waals surface area (Å²) in [4.78, 5) is 14.4. The second-order valence-electron chi connectivity index (χ2n) is 5.87. The average Bonchev–Trinajstić information content (AvgIpc) is 3.09. The lowest BCUT2D eigenvalue weighted by Crippen LogP contribution is -2.40. The monoisotopic (exact) mass is 299 g/mol. The van der Waals surface area contributed by atoms with Crippen molar-refractivity contribution in [2.75, 3.05) is 13.1 Å². The van der Waals surface area contributed by atoms with Crippen molar-refractivity contribution < 1.29 is 9.90 Å². The van der Waals surface area contributed by atoms with Gasteiger partial charge in [-0.2, -0.15) is 5.10 Å². The molecule has 1 unspecified atom stereocenters. The first-order chi connectivity index (χ1) is 10.6. The molecular formula is C17H21N3O2. The number of carbonyl (C=O) groups excluding carboxylic acids is 1. The number of likely N-dealkylation sites (tertiary alicyclic amines) is 1. The van der Waals surface area contributed by atoms with Gasteiger partial charge in [-0.1, -0.05) is 0 Å². The fourth-order valence-electron chi connectivity index (χ4n) is 2.95. The van der Waals surface area contributed by atoms with Crippen molar-refractivity contribution in [3.05, 3.63) is 48.3 Å². The molecule has 1 amide bonds. The summed E-state index contributed by atoms with van der Waals surface area (Å²) in [7, 11) is 0. The topological polar surface area (TPSA) is 58.4 Å². The van der Waals surface area contributed by atoms with E-state index in [2.05, 4.69) is 5.10 Å². The van der Waals surface area contributed by atoms with Crippen LogP contribution in [0.3, 0.4) is 0 Å². The van der Waals surface area contributed by atoms with E-state index in [-0.39, 0.29) is 12.0 Å². The molecule has 116 valence electrons. The van der Waals surface area contributed by atoms with Crippen LogP contribution in [0.5, 0.6) is 0 Å². The second kappa shape index (κ2) is 6.32. The number of piperidine rings is 1. The highest BCUT2D eigenvalue weighted by Crippen LogP contribution is 2.22. The van der Waals surface area contributed by atoms with Crippen molar-refractivity contribution in [1.29, 1.82) is 0 Å². The van der Waals surface area contributed by atoms with Crippen LogP contribution < -0.4 is 0 Å². The molecule has 0 aliphatic carbocycles. The predicted molar refractivity (Wildman–Crippen MR) is 83.9 cm³/mol. The van der Waals surface area contributed by atoms with E-state index in [9.17, 15) is 9.90 Å². The van der Waals surface area contributed by atoms with E-state index >= 15 is 0 Å². The Morgan fingerprint density at radius 2 is 1.95 bits per heavy atom. The van der Waals surface area contributed by atoms with Crippen LogP contribution in [0.25, 0.3) is 5.69 Å². The van der Waals surface area contributed by atoms with E-state index in [1.807, 2.05) is 48.4 Å². The molecule has 22 heavy (non-hydrogen) atoms. The van der Waals surface area contributed by atoms with Crippen LogP contribution >= 0.6 is 0 Å². The molecule has 5 heteroatoms. The summed E-state index contributed by atoms with van der Waals surface area (Å²) in [5.41, 5.74) is 1.64. The van der Waals surface area contributed by atoms with Gasteiger partial charge in [-0.25, -0.2) is 4.68 Å². The normalized spacial score (nSPS) is 17.5. The highest BCUT2D eigenvalue weighted by molar-refractivity contribution is 5.94. The molecule has 1 aliphatic heterocycles. The number of amides is 1. The smallest absolute Gasteiger partial charge is 0.253 e. The van der Waals surface area contributed by atoms with Crippen molar-refractivity contribution in [3.63, 3.8) is 0 Å². The Morgan fingerprint density at radius 3 is 2.50 bits per heavy atom. The Labute approximate surface area is 130 Å². The van der Waals surface area contributed by atoms with E-state index in [1.165, 1.54) is 0 Å². The summed E-state index contributed by atoms with van der Waals surface area (Å²) in [6, 6.07) is 9.37. The van der Waals surface area contributed by atoms with Gasteiger partial charge in [0, 0.05) is 31.0 Å². The summed E-state index contributed by atoms with van der Waals surface area (Å²) in [5.74, 6) is 0.377. The van der Waals surface area contributed by atoms with Gasteiger partial charge >= 0.3 is 0 Å². The zero-order chi connectivity index (χ0) is 15.5. The van der Waals surface area contributed by atoms with Crippen molar-refractivity contribution in [2.45, 2.75) is 25.9 Å². The molecule has 3 rings (SSSR count). The highest BCUT2D eigenvalue weighted by Gasteiger charge is 2.25. The molecule has 1 fully saturated rings. The Kier molecular flexibility index (Phi) is 4.24. The van der Waals surface area contributed by atoms with Gasteiger partial charge in [0.05, 0.1) is 11.8 Å². The first-order valence-corrected chi connectivity index (χ1v) is 7.72. The Morgan fingerprint density at radius 1 is 1.27 bits per heavy atom. The molecular weight excluding hydrogens is 278 g/mol. The molecule has 1 N–H and O–H groups in total. The molecule has 1 aromatic carbocycles. The molecule has 0 bridgehead atoms. The van der Waals surface area contributed by atoms with Gasteiger partial charge in [0.2, 0.25) is 0 Å². The van der Waals surface area contributed by atoms with Gasteiger partial charge in [-0.05, 0) is 56.0 Å². The lowest BCUT2D eigenvalue weighted by molar-refractivity contribution is 0.0521. The van der Waals surface area contributed by atoms with E-state index in [4.69, 9.17) is 0 Å². The highest BCUT2D eigenvalue weighted by atomic mass is 16.3. The number of nitrogens with zero attached hydrogens (tertiary/aromatic N) is 3. The molecule has 0 radical (unpaired) electrons. The van der Waals surface area contributed by atoms with Gasteiger partial charge in [0.25, 0.3) is 5.91 Å². The molecule has 2 aromatic rings. The number of rotatable bonds is 3. The van der Waals surface area contributed by atoms with Crippen molar-refractivity contribution >= 4 is 5.91 Å².